The summed E-state index contributed by atoms with van der Waals surface area (Å²) in [5, 5.41) is 3.48. The van der Waals surface area contributed by atoms with Crippen molar-refractivity contribution in [2.75, 3.05) is 46.9 Å². The lowest BCUT2D eigenvalue weighted by Crippen LogP contribution is -2.46. The molecule has 3 rings (SSSR count). The lowest BCUT2D eigenvalue weighted by Gasteiger charge is -2.35. The second-order valence-electron chi connectivity index (χ2n) is 6.99. The van der Waals surface area contributed by atoms with Crippen molar-refractivity contribution >= 4 is 29.9 Å². The lowest BCUT2D eigenvalue weighted by molar-refractivity contribution is 0.0168. The molecular formula is C22H30FIN4O. The Morgan fingerprint density at radius 1 is 1.17 bits per heavy atom. The van der Waals surface area contributed by atoms with Gasteiger partial charge in [-0.1, -0.05) is 42.5 Å². The van der Waals surface area contributed by atoms with Gasteiger partial charge in [-0.15, -0.1) is 24.0 Å². The van der Waals surface area contributed by atoms with Gasteiger partial charge >= 0.3 is 0 Å². The minimum atomic E-state index is -0.207. The fraction of sp³-hybridized carbons (Fsp3) is 0.409. The fourth-order valence-corrected chi connectivity index (χ4v) is 3.57. The summed E-state index contributed by atoms with van der Waals surface area (Å²) in [6.45, 7) is 4.49. The number of ether oxygens (including phenoxy) is 1. The van der Waals surface area contributed by atoms with Crippen LogP contribution in [0.2, 0.25) is 0 Å². The van der Waals surface area contributed by atoms with Crippen molar-refractivity contribution in [1.29, 1.82) is 0 Å². The summed E-state index contributed by atoms with van der Waals surface area (Å²) >= 11 is 0. The predicted octanol–water partition coefficient (Wildman–Crippen LogP) is 3.52. The largest absolute Gasteiger partial charge is 0.379 e. The molecule has 0 spiro atoms. The molecule has 2 aromatic carbocycles. The van der Waals surface area contributed by atoms with E-state index in [1.807, 2.05) is 31.3 Å². The Bertz CT molecular complexity index is 768. The molecule has 2 aromatic rings. The van der Waals surface area contributed by atoms with E-state index in [2.05, 4.69) is 32.2 Å². The van der Waals surface area contributed by atoms with Crippen molar-refractivity contribution in [3.05, 3.63) is 71.5 Å². The molecule has 1 saturated heterocycles. The molecule has 1 unspecified atom stereocenters. The molecule has 1 heterocycles. The molecule has 0 aromatic heterocycles. The van der Waals surface area contributed by atoms with Crippen LogP contribution in [0.15, 0.2) is 59.6 Å². The number of nitrogens with one attached hydrogen (secondary N) is 1. The minimum absolute atomic E-state index is 0. The van der Waals surface area contributed by atoms with Gasteiger partial charge in [0.15, 0.2) is 5.96 Å². The number of nitrogens with zero attached hydrogens (tertiary/aromatic N) is 3. The Kier molecular flexibility index (Phi) is 9.83. The van der Waals surface area contributed by atoms with Crippen molar-refractivity contribution < 1.29 is 9.13 Å². The summed E-state index contributed by atoms with van der Waals surface area (Å²) in [5.41, 5.74) is 2.19. The first-order chi connectivity index (χ1) is 13.7. The fourth-order valence-electron chi connectivity index (χ4n) is 3.57. The quantitative estimate of drug-likeness (QED) is 0.366. The average Bonchev–Trinajstić information content (AvgIpc) is 2.72. The van der Waals surface area contributed by atoms with E-state index in [-0.39, 0.29) is 35.8 Å². The summed E-state index contributed by atoms with van der Waals surface area (Å²) < 4.78 is 19.3. The normalized spacial score (nSPS) is 16.0. The van der Waals surface area contributed by atoms with Crippen LogP contribution in [0, 0.1) is 5.82 Å². The van der Waals surface area contributed by atoms with Crippen LogP contribution in [-0.2, 0) is 11.3 Å². The molecule has 1 N–H and O–H groups in total. The Balaban J connectivity index is 0.00000300. The van der Waals surface area contributed by atoms with Gasteiger partial charge in [0.2, 0.25) is 0 Å². The highest BCUT2D eigenvalue weighted by Gasteiger charge is 2.23. The first-order valence-corrected chi connectivity index (χ1v) is 9.70. The molecule has 5 nitrogen and oxygen atoms in total. The molecule has 1 fully saturated rings. The number of guanidine groups is 1. The van der Waals surface area contributed by atoms with Gasteiger partial charge in [0.25, 0.3) is 0 Å². The monoisotopic (exact) mass is 512 g/mol. The summed E-state index contributed by atoms with van der Waals surface area (Å²) in [4.78, 5) is 8.86. The topological polar surface area (TPSA) is 40.1 Å². The summed E-state index contributed by atoms with van der Waals surface area (Å²) in [6, 6.07) is 17.2. The second kappa shape index (κ2) is 12.1. The molecule has 0 aliphatic carbocycles. The third kappa shape index (κ3) is 6.94. The van der Waals surface area contributed by atoms with E-state index in [1.165, 1.54) is 11.6 Å². The van der Waals surface area contributed by atoms with Gasteiger partial charge in [0.1, 0.15) is 5.82 Å². The van der Waals surface area contributed by atoms with Crippen LogP contribution in [-0.4, -0.2) is 62.7 Å². The summed E-state index contributed by atoms with van der Waals surface area (Å²) in [5.74, 6) is 0.611. The number of hydrogen-bond acceptors (Lipinski definition) is 3. The summed E-state index contributed by atoms with van der Waals surface area (Å²) in [7, 11) is 3.81. The molecule has 0 amide bonds. The second-order valence-corrected chi connectivity index (χ2v) is 6.99. The molecule has 1 atom stereocenters. The molecular weight excluding hydrogens is 482 g/mol. The maximum Gasteiger partial charge on any atom is 0.193 e. The zero-order valence-corrected chi connectivity index (χ0v) is 19.4. The van der Waals surface area contributed by atoms with Crippen molar-refractivity contribution in [2.45, 2.75) is 12.6 Å². The number of halogens is 2. The minimum Gasteiger partial charge on any atom is -0.379 e. The molecule has 1 aliphatic heterocycles. The molecule has 158 valence electrons. The van der Waals surface area contributed by atoms with Gasteiger partial charge in [-0.2, -0.15) is 0 Å². The highest BCUT2D eigenvalue weighted by atomic mass is 127. The maximum atomic E-state index is 13.8. The Labute approximate surface area is 190 Å². The molecule has 0 saturated carbocycles. The lowest BCUT2D eigenvalue weighted by atomic mass is 10.0. The van der Waals surface area contributed by atoms with Crippen molar-refractivity contribution in [3.8, 4) is 0 Å². The van der Waals surface area contributed by atoms with Crippen LogP contribution in [0.3, 0.4) is 0 Å². The zero-order valence-electron chi connectivity index (χ0n) is 17.1. The van der Waals surface area contributed by atoms with Crippen LogP contribution in [0.5, 0.6) is 0 Å². The number of aliphatic imine (C=N–C) groups is 1. The first-order valence-electron chi connectivity index (χ1n) is 9.70. The summed E-state index contributed by atoms with van der Waals surface area (Å²) in [6.07, 6.45) is 0. The van der Waals surface area contributed by atoms with Gasteiger partial charge in [0, 0.05) is 40.3 Å². The van der Waals surface area contributed by atoms with Crippen LogP contribution < -0.4 is 5.32 Å². The molecule has 7 heteroatoms. The molecule has 0 radical (unpaired) electrons. The van der Waals surface area contributed by atoms with Crippen LogP contribution in [0.4, 0.5) is 4.39 Å². The molecule has 0 bridgehead atoms. The van der Waals surface area contributed by atoms with Crippen LogP contribution in [0.1, 0.15) is 17.2 Å². The number of rotatable bonds is 6. The number of morpholine rings is 1. The SMILES string of the molecule is CN=C(NCC(c1cccc(F)c1)N1CCOCC1)N(C)Cc1ccccc1.I. The third-order valence-corrected chi connectivity index (χ3v) is 5.01. The van der Waals surface area contributed by atoms with E-state index >= 15 is 0 Å². The maximum absolute atomic E-state index is 13.8. The average molecular weight is 512 g/mol. The Hall–Kier alpha value is -1.71. The Morgan fingerprint density at radius 2 is 1.90 bits per heavy atom. The zero-order chi connectivity index (χ0) is 19.8. The van der Waals surface area contributed by atoms with E-state index in [0.717, 1.165) is 31.2 Å². The van der Waals surface area contributed by atoms with Crippen molar-refractivity contribution in [3.63, 3.8) is 0 Å². The molecule has 29 heavy (non-hydrogen) atoms. The van der Waals surface area contributed by atoms with Crippen LogP contribution >= 0.6 is 24.0 Å². The van der Waals surface area contributed by atoms with Gasteiger partial charge < -0.3 is 15.0 Å². The van der Waals surface area contributed by atoms with E-state index in [9.17, 15) is 4.39 Å². The van der Waals surface area contributed by atoms with Gasteiger partial charge in [-0.25, -0.2) is 4.39 Å². The van der Waals surface area contributed by atoms with Crippen molar-refractivity contribution in [2.24, 2.45) is 4.99 Å². The van der Waals surface area contributed by atoms with E-state index in [1.54, 1.807) is 19.2 Å². The van der Waals surface area contributed by atoms with E-state index in [0.29, 0.717) is 19.8 Å². The van der Waals surface area contributed by atoms with E-state index in [4.69, 9.17) is 4.74 Å². The van der Waals surface area contributed by atoms with Crippen LogP contribution in [0.25, 0.3) is 0 Å². The highest BCUT2D eigenvalue weighted by molar-refractivity contribution is 14.0. The van der Waals surface area contributed by atoms with Gasteiger partial charge in [-0.05, 0) is 23.3 Å². The number of benzene rings is 2. The Morgan fingerprint density at radius 3 is 2.55 bits per heavy atom. The van der Waals surface area contributed by atoms with E-state index < -0.39 is 0 Å². The van der Waals surface area contributed by atoms with Crippen molar-refractivity contribution in [1.82, 2.24) is 15.1 Å². The predicted molar refractivity (Wildman–Crippen MR) is 126 cm³/mol. The standard InChI is InChI=1S/C22H29FN4O.HI/c1-24-22(26(2)17-18-7-4-3-5-8-18)25-16-21(27-11-13-28-14-12-27)19-9-6-10-20(23)15-19;/h3-10,15,21H,11-14,16-17H2,1-2H3,(H,24,25);1H. The smallest absolute Gasteiger partial charge is 0.193 e. The van der Waals surface area contributed by atoms with Gasteiger partial charge in [0.05, 0.1) is 19.3 Å². The molecule has 1 aliphatic rings. The third-order valence-electron chi connectivity index (χ3n) is 5.01. The first kappa shape index (κ1) is 23.6. The highest BCUT2D eigenvalue weighted by Crippen LogP contribution is 2.22. The number of hydrogen-bond donors (Lipinski definition) is 1. The van der Waals surface area contributed by atoms with Gasteiger partial charge in [-0.3, -0.25) is 9.89 Å².